The van der Waals surface area contributed by atoms with Crippen molar-refractivity contribution < 1.29 is 23.1 Å². The van der Waals surface area contributed by atoms with Crippen molar-refractivity contribution in [1.29, 1.82) is 0 Å². The Morgan fingerprint density at radius 2 is 1.91 bits per heavy atom. The van der Waals surface area contributed by atoms with E-state index in [1.54, 1.807) is 25.4 Å². The number of aliphatic imine (C=N–C) groups is 1. The number of sulfonamides is 1. The van der Waals surface area contributed by atoms with Gasteiger partial charge in [0.1, 0.15) is 28.8 Å². The number of cyclic esters (lactones) is 1. The van der Waals surface area contributed by atoms with Crippen LogP contribution in [0, 0.1) is 5.92 Å². The van der Waals surface area contributed by atoms with Gasteiger partial charge in [0.15, 0.2) is 0 Å². The van der Waals surface area contributed by atoms with Gasteiger partial charge in [-0.05, 0) is 38.0 Å². The number of quaternary nitrogens is 1. The van der Waals surface area contributed by atoms with Gasteiger partial charge in [0.2, 0.25) is 0 Å². The Bertz CT molecular complexity index is 1190. The highest BCUT2D eigenvalue weighted by atomic mass is 32.2. The van der Waals surface area contributed by atoms with Crippen molar-refractivity contribution in [3.05, 3.63) is 47.5 Å². The van der Waals surface area contributed by atoms with E-state index in [1.165, 1.54) is 6.20 Å². The Morgan fingerprint density at radius 3 is 2.47 bits per heavy atom. The fourth-order valence-electron chi connectivity index (χ4n) is 5.38. The van der Waals surface area contributed by atoms with E-state index in [0.29, 0.717) is 36.4 Å². The summed E-state index contributed by atoms with van der Waals surface area (Å²) in [7, 11) is -2.36. The summed E-state index contributed by atoms with van der Waals surface area (Å²) in [5.74, 6) is -0.0540. The third-order valence-corrected chi connectivity index (χ3v) is 8.01. The van der Waals surface area contributed by atoms with Gasteiger partial charge in [-0.1, -0.05) is 38.8 Å². The molecule has 3 aliphatic rings. The molecule has 0 spiro atoms. The summed E-state index contributed by atoms with van der Waals surface area (Å²) in [6.45, 7) is 4.08. The minimum Gasteiger partial charge on any atom is -0.511 e. The van der Waals surface area contributed by atoms with Crippen LogP contribution in [0.15, 0.2) is 41.4 Å². The number of nitrogens with two attached hydrogens (primary N) is 1. The first-order valence-corrected chi connectivity index (χ1v) is 13.5. The standard InChI is InChI=1S/C25H33N3O5S/c1-4-11-25(12-5-2)16-21(29)22(23(30)33-25)18-7-6-8-20(19(18)15-17-9-10-17)28(3)14-13-27-24(28)34(26,31)32/h6-8,13-14,17H,4-5,9-12,15-16H2,1-3H3,(H2-,26,29,30,31,32)/p+1. The van der Waals surface area contributed by atoms with Crippen molar-refractivity contribution in [1.82, 2.24) is 4.48 Å². The lowest BCUT2D eigenvalue weighted by atomic mass is 9.83. The van der Waals surface area contributed by atoms with Crippen LogP contribution in [0.25, 0.3) is 5.57 Å². The molecule has 1 aromatic carbocycles. The Morgan fingerprint density at radius 1 is 1.24 bits per heavy atom. The van der Waals surface area contributed by atoms with Crippen LogP contribution in [0.2, 0.25) is 0 Å². The van der Waals surface area contributed by atoms with Gasteiger partial charge in [-0.15, -0.1) is 0 Å². The molecule has 1 aliphatic carbocycles. The number of amidine groups is 1. The average molecular weight is 489 g/mol. The number of aliphatic hydroxyl groups excluding tert-OH is 1. The zero-order valence-electron chi connectivity index (χ0n) is 20.1. The monoisotopic (exact) mass is 488 g/mol. The maximum Gasteiger partial charge on any atom is 0.346 e. The molecule has 2 aliphatic heterocycles. The Hall–Kier alpha value is -2.49. The molecule has 1 unspecified atom stereocenters. The van der Waals surface area contributed by atoms with E-state index in [1.807, 2.05) is 19.9 Å². The first-order chi connectivity index (χ1) is 16.0. The molecule has 0 saturated heterocycles. The lowest BCUT2D eigenvalue weighted by Crippen LogP contribution is -2.50. The van der Waals surface area contributed by atoms with E-state index in [2.05, 4.69) is 4.99 Å². The normalized spacial score (nSPS) is 24.4. The van der Waals surface area contributed by atoms with Crippen molar-refractivity contribution >= 4 is 32.4 Å². The van der Waals surface area contributed by atoms with Crippen molar-refractivity contribution in [2.45, 2.75) is 70.8 Å². The highest BCUT2D eigenvalue weighted by Crippen LogP contribution is 2.45. The molecule has 3 N–H and O–H groups in total. The molecular formula is C25H34N3O5S+. The van der Waals surface area contributed by atoms with E-state index in [9.17, 15) is 18.3 Å². The van der Waals surface area contributed by atoms with Crippen LogP contribution in [-0.2, 0) is 26.0 Å². The Kier molecular flexibility index (Phi) is 6.48. The molecule has 1 aromatic rings. The van der Waals surface area contributed by atoms with E-state index < -0.39 is 21.6 Å². The first kappa shape index (κ1) is 24.6. The number of hydrogen-bond donors (Lipinski definition) is 2. The zero-order valence-corrected chi connectivity index (χ0v) is 20.9. The summed E-state index contributed by atoms with van der Waals surface area (Å²) in [4.78, 5) is 17.4. The molecule has 184 valence electrons. The number of ether oxygens (including phenoxy) is 1. The zero-order chi connectivity index (χ0) is 24.7. The molecule has 0 amide bonds. The number of aliphatic hydroxyl groups is 1. The van der Waals surface area contributed by atoms with Crippen LogP contribution >= 0.6 is 0 Å². The summed E-state index contributed by atoms with van der Waals surface area (Å²) >= 11 is 0. The molecule has 1 fully saturated rings. The molecule has 0 bridgehead atoms. The SMILES string of the molecule is CCCC1(CCC)CC(O)=C(c2cccc([N+]3(C)C=CN=C3S(N)(=O)=O)c2CC2CC2)C(=O)O1. The molecule has 9 heteroatoms. The summed E-state index contributed by atoms with van der Waals surface area (Å²) < 4.78 is 30.4. The summed E-state index contributed by atoms with van der Waals surface area (Å²) in [6.07, 6.45) is 9.22. The number of rotatable bonds is 8. The van der Waals surface area contributed by atoms with Crippen LogP contribution in [-0.4, -0.2) is 37.3 Å². The minimum atomic E-state index is -4.07. The maximum absolute atomic E-state index is 13.4. The van der Waals surface area contributed by atoms with Gasteiger partial charge < -0.3 is 9.84 Å². The summed E-state index contributed by atoms with van der Waals surface area (Å²) in [5, 5.41) is 16.5. The van der Waals surface area contributed by atoms with Gasteiger partial charge in [0, 0.05) is 23.6 Å². The second-order valence-corrected chi connectivity index (χ2v) is 11.3. The van der Waals surface area contributed by atoms with Crippen LogP contribution < -0.4 is 9.62 Å². The topological polar surface area (TPSA) is 119 Å². The Labute approximate surface area is 201 Å². The summed E-state index contributed by atoms with van der Waals surface area (Å²) in [6, 6.07) is 5.41. The third-order valence-electron chi connectivity index (χ3n) is 7.02. The number of nitrogens with zero attached hydrogens (tertiary/aromatic N) is 2. The van der Waals surface area contributed by atoms with E-state index in [4.69, 9.17) is 9.88 Å². The molecular weight excluding hydrogens is 454 g/mol. The van der Waals surface area contributed by atoms with Crippen LogP contribution in [0.3, 0.4) is 0 Å². The minimum absolute atomic E-state index is 0.0345. The van der Waals surface area contributed by atoms with Gasteiger partial charge in [0.05, 0.1) is 13.2 Å². The summed E-state index contributed by atoms with van der Waals surface area (Å²) in [5.41, 5.74) is 1.54. The molecule has 0 aromatic heterocycles. The number of esters is 1. The van der Waals surface area contributed by atoms with Gasteiger partial charge in [-0.2, -0.15) is 13.4 Å². The Balaban J connectivity index is 1.86. The predicted molar refractivity (Wildman–Crippen MR) is 133 cm³/mol. The lowest BCUT2D eigenvalue weighted by Gasteiger charge is -2.37. The number of primary sulfonamides is 1. The first-order valence-electron chi connectivity index (χ1n) is 12.0. The van der Waals surface area contributed by atoms with Gasteiger partial charge in [0.25, 0.3) is 0 Å². The fourth-order valence-corrected chi connectivity index (χ4v) is 6.28. The average Bonchev–Trinajstić information content (AvgIpc) is 3.46. The van der Waals surface area contributed by atoms with Crippen LogP contribution in [0.4, 0.5) is 5.69 Å². The van der Waals surface area contributed by atoms with Crippen molar-refractivity contribution in [2.75, 3.05) is 7.05 Å². The second-order valence-electron chi connectivity index (χ2n) is 9.85. The van der Waals surface area contributed by atoms with Gasteiger partial charge in [-0.25, -0.2) is 14.4 Å². The van der Waals surface area contributed by atoms with Gasteiger partial charge in [-0.3, -0.25) is 0 Å². The molecule has 1 saturated carbocycles. The predicted octanol–water partition coefficient (Wildman–Crippen LogP) is 4.26. The number of carbonyl (C=O) groups is 1. The lowest BCUT2D eigenvalue weighted by molar-refractivity contribution is -0.157. The molecule has 8 nitrogen and oxygen atoms in total. The highest BCUT2D eigenvalue weighted by Gasteiger charge is 2.46. The molecule has 34 heavy (non-hydrogen) atoms. The van der Waals surface area contributed by atoms with Crippen LogP contribution in [0.1, 0.15) is 69.9 Å². The molecule has 1 atom stereocenters. The maximum atomic E-state index is 13.4. The van der Waals surface area contributed by atoms with E-state index in [0.717, 1.165) is 31.2 Å². The van der Waals surface area contributed by atoms with E-state index >= 15 is 0 Å². The van der Waals surface area contributed by atoms with Crippen molar-refractivity contribution in [2.24, 2.45) is 16.0 Å². The highest BCUT2D eigenvalue weighted by molar-refractivity contribution is 8.04. The quantitative estimate of drug-likeness (QED) is 0.419. The third kappa shape index (κ3) is 4.44. The van der Waals surface area contributed by atoms with Crippen molar-refractivity contribution in [3.8, 4) is 0 Å². The number of hydrogen-bond acceptors (Lipinski definition) is 6. The smallest absolute Gasteiger partial charge is 0.346 e. The second kappa shape index (κ2) is 8.94. The van der Waals surface area contributed by atoms with Crippen molar-refractivity contribution in [3.63, 3.8) is 0 Å². The largest absolute Gasteiger partial charge is 0.511 e. The molecule has 4 rings (SSSR count). The van der Waals surface area contributed by atoms with Crippen LogP contribution in [0.5, 0.6) is 0 Å². The number of benzene rings is 1. The van der Waals surface area contributed by atoms with E-state index in [-0.39, 0.29) is 27.4 Å². The number of carbonyl (C=O) groups excluding carboxylic acids is 1. The fraction of sp³-hybridized carbons (Fsp3) is 0.520. The van der Waals surface area contributed by atoms with Gasteiger partial charge >= 0.3 is 21.2 Å². The molecule has 2 heterocycles. The molecule has 0 radical (unpaired) electrons.